The maximum atomic E-state index is 5.53. The molecule has 0 N–H and O–H groups in total. The lowest BCUT2D eigenvalue weighted by Gasteiger charge is -2.22. The zero-order valence-electron chi connectivity index (χ0n) is 32.0. The molecule has 11 rings (SSSR count). The van der Waals surface area contributed by atoms with E-state index in [0.717, 1.165) is 33.3 Å². The quantitative estimate of drug-likeness (QED) is 0.161. The molecule has 0 unspecified atom stereocenters. The molecule has 57 heavy (non-hydrogen) atoms. The zero-order valence-corrected chi connectivity index (χ0v) is 32.0. The molecule has 0 aliphatic heterocycles. The molecular formula is C56H39N. The van der Waals surface area contributed by atoms with Crippen LogP contribution in [0.1, 0.15) is 25.0 Å². The minimum Gasteiger partial charge on any atom is -0.247 e. The predicted molar refractivity (Wildman–Crippen MR) is 241 cm³/mol. The van der Waals surface area contributed by atoms with Crippen LogP contribution in [0.3, 0.4) is 0 Å². The van der Waals surface area contributed by atoms with E-state index in [2.05, 4.69) is 214 Å². The summed E-state index contributed by atoms with van der Waals surface area (Å²) in [5, 5.41) is 6.19. The van der Waals surface area contributed by atoms with Gasteiger partial charge in [0.15, 0.2) is 0 Å². The molecule has 0 atom stereocenters. The maximum absolute atomic E-state index is 5.53. The Morgan fingerprint density at radius 3 is 1.42 bits per heavy atom. The fraction of sp³-hybridized carbons (Fsp3) is 0.0536. The molecule has 1 aliphatic carbocycles. The lowest BCUT2D eigenvalue weighted by atomic mass is 9.82. The predicted octanol–water partition coefficient (Wildman–Crippen LogP) is 15.2. The van der Waals surface area contributed by atoms with Crippen LogP contribution in [-0.4, -0.2) is 4.98 Å². The number of fused-ring (bicyclic) bond motifs is 6. The summed E-state index contributed by atoms with van der Waals surface area (Å²) in [5.74, 6) is 0. The van der Waals surface area contributed by atoms with Crippen LogP contribution in [-0.2, 0) is 5.41 Å². The van der Waals surface area contributed by atoms with Crippen molar-refractivity contribution in [1.82, 2.24) is 4.98 Å². The molecule has 0 bridgehead atoms. The number of benzene rings is 9. The Bertz CT molecular complexity index is 3120. The number of rotatable bonds is 5. The van der Waals surface area contributed by atoms with Gasteiger partial charge in [0, 0.05) is 21.9 Å². The van der Waals surface area contributed by atoms with E-state index in [1.54, 1.807) is 0 Å². The van der Waals surface area contributed by atoms with Gasteiger partial charge in [-0.25, -0.2) is 4.98 Å². The molecule has 0 radical (unpaired) electrons. The first-order valence-electron chi connectivity index (χ1n) is 19.9. The molecule has 1 heterocycles. The third-order valence-electron chi connectivity index (χ3n) is 12.3. The van der Waals surface area contributed by atoms with E-state index >= 15 is 0 Å². The molecule has 0 saturated carbocycles. The highest BCUT2D eigenvalue weighted by molar-refractivity contribution is 6.21. The number of hydrogen-bond acceptors (Lipinski definition) is 1. The summed E-state index contributed by atoms with van der Waals surface area (Å²) < 4.78 is 0. The van der Waals surface area contributed by atoms with E-state index in [9.17, 15) is 0 Å². The molecular weight excluding hydrogens is 687 g/mol. The number of pyridine rings is 1. The van der Waals surface area contributed by atoms with Gasteiger partial charge in [0.25, 0.3) is 0 Å². The van der Waals surface area contributed by atoms with Crippen LogP contribution in [0.25, 0.3) is 99.3 Å². The number of hydrogen-bond donors (Lipinski definition) is 0. The summed E-state index contributed by atoms with van der Waals surface area (Å²) in [6, 6.07) is 73.1. The van der Waals surface area contributed by atoms with Crippen molar-refractivity contribution in [2.24, 2.45) is 0 Å². The Morgan fingerprint density at radius 2 is 0.772 bits per heavy atom. The van der Waals surface area contributed by atoms with E-state index in [-0.39, 0.29) is 5.41 Å². The first kappa shape index (κ1) is 33.3. The van der Waals surface area contributed by atoms with E-state index in [4.69, 9.17) is 4.98 Å². The molecule has 0 amide bonds. The smallest absolute Gasteiger partial charge is 0.0794 e. The topological polar surface area (TPSA) is 12.9 Å². The summed E-state index contributed by atoms with van der Waals surface area (Å²) >= 11 is 0. The van der Waals surface area contributed by atoms with Gasteiger partial charge in [0.1, 0.15) is 0 Å². The minimum atomic E-state index is -0.0908. The molecule has 0 spiro atoms. The van der Waals surface area contributed by atoms with Crippen LogP contribution >= 0.6 is 0 Å². The SMILES string of the molecule is CC1(C)c2ccccc2-c2ccc(-c3cc(-c4ccccc4)c4cccc(-c5ccc(-c6c7ccccc7c(-c7ccccc7)c7ccccc67)cc5)c4n3)cc21. The van der Waals surface area contributed by atoms with Crippen LogP contribution in [0.5, 0.6) is 0 Å². The van der Waals surface area contributed by atoms with Crippen LogP contribution < -0.4 is 0 Å². The van der Waals surface area contributed by atoms with Crippen LogP contribution in [0.4, 0.5) is 0 Å². The van der Waals surface area contributed by atoms with Crippen LogP contribution in [0.2, 0.25) is 0 Å². The average Bonchev–Trinajstić information content (AvgIpc) is 3.50. The molecule has 1 aromatic heterocycles. The molecule has 9 aromatic carbocycles. The van der Waals surface area contributed by atoms with Crippen molar-refractivity contribution in [3.8, 4) is 66.9 Å². The van der Waals surface area contributed by atoms with Crippen molar-refractivity contribution in [2.45, 2.75) is 19.3 Å². The lowest BCUT2D eigenvalue weighted by Crippen LogP contribution is -2.14. The minimum absolute atomic E-state index is 0.0908. The Hall–Kier alpha value is -7.09. The van der Waals surface area contributed by atoms with Gasteiger partial charge in [0.05, 0.1) is 11.2 Å². The van der Waals surface area contributed by atoms with E-state index in [1.165, 1.54) is 77.2 Å². The largest absolute Gasteiger partial charge is 0.247 e. The second-order valence-electron chi connectivity index (χ2n) is 15.8. The molecule has 1 heteroatoms. The molecule has 0 fully saturated rings. The van der Waals surface area contributed by atoms with E-state index in [0.29, 0.717) is 0 Å². The highest BCUT2D eigenvalue weighted by Gasteiger charge is 2.35. The highest BCUT2D eigenvalue weighted by atomic mass is 14.7. The number of aromatic nitrogens is 1. The van der Waals surface area contributed by atoms with Gasteiger partial charge >= 0.3 is 0 Å². The van der Waals surface area contributed by atoms with E-state index < -0.39 is 0 Å². The van der Waals surface area contributed by atoms with Gasteiger partial charge in [-0.05, 0) is 94.9 Å². The number of nitrogens with zero attached hydrogens (tertiary/aromatic N) is 1. The van der Waals surface area contributed by atoms with Crippen molar-refractivity contribution < 1.29 is 0 Å². The first-order valence-corrected chi connectivity index (χ1v) is 19.9. The normalized spacial score (nSPS) is 12.9. The third kappa shape index (κ3) is 5.27. The Morgan fingerprint density at radius 1 is 0.316 bits per heavy atom. The summed E-state index contributed by atoms with van der Waals surface area (Å²) in [5.41, 5.74) is 18.0. The van der Waals surface area contributed by atoms with Gasteiger partial charge in [-0.1, -0.05) is 202 Å². The third-order valence-corrected chi connectivity index (χ3v) is 12.3. The number of para-hydroxylation sites is 1. The van der Waals surface area contributed by atoms with Crippen molar-refractivity contribution in [3.05, 3.63) is 211 Å². The Kier molecular flexibility index (Phi) is 7.59. The molecule has 1 nitrogen and oxygen atoms in total. The first-order chi connectivity index (χ1) is 28.0. The van der Waals surface area contributed by atoms with Crippen molar-refractivity contribution in [1.29, 1.82) is 0 Å². The van der Waals surface area contributed by atoms with Crippen LogP contribution in [0.15, 0.2) is 200 Å². The van der Waals surface area contributed by atoms with Gasteiger partial charge in [-0.2, -0.15) is 0 Å². The molecule has 0 saturated heterocycles. The Balaban J connectivity index is 1.08. The molecule has 1 aliphatic rings. The van der Waals surface area contributed by atoms with Gasteiger partial charge < -0.3 is 0 Å². The standard InChI is InChI=1S/C56H39N/c1-56(2)50-27-14-13-20-42(50)43-33-32-40(34-51(43)56)52-35-49(36-16-5-3-6-17-36)48-26-15-25-41(55(48)57-52)37-28-30-39(31-29-37)54-46-23-11-9-21-44(46)53(38-18-7-4-8-19-38)45-22-10-12-24-47(45)54/h3-35H,1-2H3. The van der Waals surface area contributed by atoms with Crippen molar-refractivity contribution in [3.63, 3.8) is 0 Å². The average molecular weight is 726 g/mol. The Labute approximate surface area is 333 Å². The fourth-order valence-corrected chi connectivity index (χ4v) is 9.52. The zero-order chi connectivity index (χ0) is 38.1. The summed E-state index contributed by atoms with van der Waals surface area (Å²) in [7, 11) is 0. The van der Waals surface area contributed by atoms with Crippen LogP contribution in [0, 0.1) is 0 Å². The van der Waals surface area contributed by atoms with Crippen molar-refractivity contribution >= 4 is 32.4 Å². The maximum Gasteiger partial charge on any atom is 0.0794 e. The monoisotopic (exact) mass is 725 g/mol. The van der Waals surface area contributed by atoms with Crippen molar-refractivity contribution in [2.75, 3.05) is 0 Å². The molecule has 268 valence electrons. The van der Waals surface area contributed by atoms with Gasteiger partial charge in [-0.15, -0.1) is 0 Å². The van der Waals surface area contributed by atoms with Gasteiger partial charge in [0.2, 0.25) is 0 Å². The van der Waals surface area contributed by atoms with E-state index in [1.807, 2.05) is 0 Å². The molecule has 10 aromatic rings. The highest BCUT2D eigenvalue weighted by Crippen LogP contribution is 2.50. The second kappa shape index (κ2) is 13.0. The van der Waals surface area contributed by atoms with Gasteiger partial charge in [-0.3, -0.25) is 0 Å². The summed E-state index contributed by atoms with van der Waals surface area (Å²) in [6.45, 7) is 4.69. The fourth-order valence-electron chi connectivity index (χ4n) is 9.52. The summed E-state index contributed by atoms with van der Waals surface area (Å²) in [4.78, 5) is 5.53. The summed E-state index contributed by atoms with van der Waals surface area (Å²) in [6.07, 6.45) is 0. The second-order valence-corrected chi connectivity index (χ2v) is 15.8. The lowest BCUT2D eigenvalue weighted by molar-refractivity contribution is 0.660.